The zero-order valence-corrected chi connectivity index (χ0v) is 18.4. The number of ether oxygens (including phenoxy) is 1. The van der Waals surface area contributed by atoms with E-state index in [2.05, 4.69) is 34.2 Å². The van der Waals surface area contributed by atoms with Crippen molar-refractivity contribution in [2.75, 3.05) is 5.75 Å². The van der Waals surface area contributed by atoms with Crippen molar-refractivity contribution >= 4 is 17.7 Å². The molecule has 2 atom stereocenters. The highest BCUT2D eigenvalue weighted by molar-refractivity contribution is 7.99. The van der Waals surface area contributed by atoms with Gasteiger partial charge in [-0.2, -0.15) is 0 Å². The molecule has 0 radical (unpaired) electrons. The fourth-order valence-corrected chi connectivity index (χ4v) is 6.11. The molecule has 0 saturated heterocycles. The van der Waals surface area contributed by atoms with Crippen molar-refractivity contribution in [2.45, 2.75) is 50.0 Å². The Morgan fingerprint density at radius 1 is 1.16 bits per heavy atom. The van der Waals surface area contributed by atoms with Crippen LogP contribution in [0.25, 0.3) is 11.1 Å². The summed E-state index contributed by atoms with van der Waals surface area (Å²) in [6.07, 6.45) is 3.71. The van der Waals surface area contributed by atoms with Gasteiger partial charge in [-0.05, 0) is 61.1 Å². The van der Waals surface area contributed by atoms with Crippen molar-refractivity contribution in [1.82, 2.24) is 9.97 Å². The van der Waals surface area contributed by atoms with E-state index in [9.17, 15) is 4.79 Å². The summed E-state index contributed by atoms with van der Waals surface area (Å²) in [4.78, 5) is 21.1. The molecule has 2 heterocycles. The number of thioether (sulfide) groups is 1. The van der Waals surface area contributed by atoms with Crippen molar-refractivity contribution in [3.63, 3.8) is 0 Å². The first kappa shape index (κ1) is 20.1. The monoisotopic (exact) mass is 432 g/mol. The fraction of sp³-hybridized carbons (Fsp3) is 0.320. The number of carboxylic acids is 1. The van der Waals surface area contributed by atoms with Crippen LogP contribution in [0.5, 0.6) is 5.75 Å². The summed E-state index contributed by atoms with van der Waals surface area (Å²) >= 11 is 1.72. The molecule has 0 spiro atoms. The maximum Gasteiger partial charge on any atom is 0.303 e. The fourth-order valence-electron chi connectivity index (χ4n) is 4.83. The van der Waals surface area contributed by atoms with E-state index in [1.165, 1.54) is 16.7 Å². The zero-order valence-electron chi connectivity index (χ0n) is 17.6. The average molecular weight is 433 g/mol. The number of carboxylic acid groups (broad SMARTS) is 1. The van der Waals surface area contributed by atoms with Gasteiger partial charge >= 0.3 is 5.97 Å². The van der Waals surface area contributed by atoms with Gasteiger partial charge in [0.15, 0.2) is 0 Å². The molecule has 5 nitrogen and oxygen atoms in total. The molecule has 158 valence electrons. The molecule has 5 rings (SSSR count). The van der Waals surface area contributed by atoms with E-state index in [1.807, 2.05) is 26.0 Å². The largest absolute Gasteiger partial charge is 0.486 e. The number of carbonyl (C=O) groups is 1. The smallest absolute Gasteiger partial charge is 0.303 e. The molecule has 2 aromatic carbocycles. The quantitative estimate of drug-likeness (QED) is 0.575. The highest BCUT2D eigenvalue weighted by atomic mass is 32.2. The Morgan fingerprint density at radius 3 is 2.74 bits per heavy atom. The number of rotatable bonds is 5. The first-order valence-electron chi connectivity index (χ1n) is 10.6. The van der Waals surface area contributed by atoms with Gasteiger partial charge in [0.25, 0.3) is 0 Å². The Labute approximate surface area is 185 Å². The summed E-state index contributed by atoms with van der Waals surface area (Å²) in [5.74, 6) is 1.01. The third-order valence-electron chi connectivity index (χ3n) is 6.28. The van der Waals surface area contributed by atoms with Crippen LogP contribution >= 0.6 is 11.8 Å². The lowest BCUT2D eigenvalue weighted by Crippen LogP contribution is -2.06. The second-order valence-electron chi connectivity index (χ2n) is 8.24. The summed E-state index contributed by atoms with van der Waals surface area (Å²) in [6.45, 7) is 4.07. The minimum absolute atomic E-state index is 0.0134. The Hall–Kier alpha value is -2.86. The van der Waals surface area contributed by atoms with Gasteiger partial charge in [-0.3, -0.25) is 4.79 Å². The number of fused-ring (bicyclic) bond motifs is 2. The second-order valence-corrected chi connectivity index (χ2v) is 9.31. The van der Waals surface area contributed by atoms with Crippen molar-refractivity contribution in [3.8, 4) is 16.9 Å². The van der Waals surface area contributed by atoms with Crippen molar-refractivity contribution in [3.05, 3.63) is 70.8 Å². The van der Waals surface area contributed by atoms with Gasteiger partial charge in [0.05, 0.1) is 6.42 Å². The maximum absolute atomic E-state index is 11.1. The van der Waals surface area contributed by atoms with Crippen LogP contribution in [0.2, 0.25) is 0 Å². The standard InChI is InChI=1S/C25H24N2O3S/c1-14-25(15(2)27-13-26-14)21-5-3-4-20-19(21)8-9-22(20)30-17-6-7-18-16(10-24(28)29)12-31-23(18)11-17/h3-7,11,13,16,22H,8-10,12H2,1-2H3,(H,28,29). The summed E-state index contributed by atoms with van der Waals surface area (Å²) < 4.78 is 6.43. The molecule has 0 fully saturated rings. The number of hydrogen-bond donors (Lipinski definition) is 1. The van der Waals surface area contributed by atoms with Gasteiger partial charge in [-0.1, -0.05) is 24.3 Å². The molecule has 0 bridgehead atoms. The number of aryl methyl sites for hydroxylation is 2. The highest BCUT2D eigenvalue weighted by Gasteiger charge is 2.29. The topological polar surface area (TPSA) is 72.3 Å². The summed E-state index contributed by atoms with van der Waals surface area (Å²) in [6, 6.07) is 12.5. The van der Waals surface area contributed by atoms with E-state index in [0.717, 1.165) is 51.8 Å². The van der Waals surface area contributed by atoms with Gasteiger partial charge < -0.3 is 9.84 Å². The molecular weight excluding hydrogens is 408 g/mol. The van der Waals surface area contributed by atoms with Crippen LogP contribution in [0.15, 0.2) is 47.6 Å². The molecule has 2 unspecified atom stereocenters. The molecule has 1 aliphatic heterocycles. The predicted octanol–water partition coefficient (Wildman–Crippen LogP) is 5.49. The normalized spacial score (nSPS) is 19.2. The molecule has 3 aromatic rings. The molecule has 0 saturated carbocycles. The second kappa shape index (κ2) is 8.00. The van der Waals surface area contributed by atoms with Crippen molar-refractivity contribution in [1.29, 1.82) is 0 Å². The number of aromatic nitrogens is 2. The lowest BCUT2D eigenvalue weighted by Gasteiger charge is -2.17. The Bertz CT molecular complexity index is 1160. The van der Waals surface area contributed by atoms with E-state index < -0.39 is 5.97 Å². The van der Waals surface area contributed by atoms with Gasteiger partial charge in [-0.25, -0.2) is 9.97 Å². The molecule has 2 aliphatic rings. The van der Waals surface area contributed by atoms with Crippen LogP contribution in [-0.4, -0.2) is 26.8 Å². The number of nitrogens with zero attached hydrogens (tertiary/aromatic N) is 2. The minimum atomic E-state index is -0.744. The highest BCUT2D eigenvalue weighted by Crippen LogP contribution is 2.45. The summed E-state index contributed by atoms with van der Waals surface area (Å²) in [7, 11) is 0. The van der Waals surface area contributed by atoms with Gasteiger partial charge in [0.2, 0.25) is 0 Å². The lowest BCUT2D eigenvalue weighted by molar-refractivity contribution is -0.137. The van der Waals surface area contributed by atoms with Crippen LogP contribution in [0.4, 0.5) is 0 Å². The third-order valence-corrected chi connectivity index (χ3v) is 7.51. The number of aliphatic carboxylic acids is 1. The van der Waals surface area contributed by atoms with E-state index in [4.69, 9.17) is 9.84 Å². The van der Waals surface area contributed by atoms with Crippen molar-refractivity contribution in [2.24, 2.45) is 0 Å². The molecule has 0 amide bonds. The first-order chi connectivity index (χ1) is 15.0. The van der Waals surface area contributed by atoms with Crippen LogP contribution < -0.4 is 4.74 Å². The Morgan fingerprint density at radius 2 is 1.97 bits per heavy atom. The molecular formula is C25H24N2O3S. The van der Waals surface area contributed by atoms with Crippen molar-refractivity contribution < 1.29 is 14.6 Å². The van der Waals surface area contributed by atoms with Crippen LogP contribution in [0, 0.1) is 13.8 Å². The van der Waals surface area contributed by atoms with Gasteiger partial charge in [-0.15, -0.1) is 11.8 Å². The SMILES string of the molecule is Cc1ncnc(C)c1-c1cccc2c1CCC2Oc1ccc2c(c1)SCC2CC(=O)O. The lowest BCUT2D eigenvalue weighted by atomic mass is 9.95. The predicted molar refractivity (Wildman–Crippen MR) is 121 cm³/mol. The van der Waals surface area contributed by atoms with E-state index in [-0.39, 0.29) is 18.4 Å². The Kier molecular flexibility index (Phi) is 5.18. The van der Waals surface area contributed by atoms with Gasteiger partial charge in [0, 0.05) is 33.5 Å². The maximum atomic E-state index is 11.1. The number of hydrogen-bond acceptors (Lipinski definition) is 5. The summed E-state index contributed by atoms with van der Waals surface area (Å²) in [5, 5.41) is 9.13. The molecule has 31 heavy (non-hydrogen) atoms. The van der Waals surface area contributed by atoms with Gasteiger partial charge in [0.1, 0.15) is 18.2 Å². The zero-order chi connectivity index (χ0) is 21.5. The number of benzene rings is 2. The molecule has 6 heteroatoms. The molecule has 1 aromatic heterocycles. The minimum Gasteiger partial charge on any atom is -0.486 e. The van der Waals surface area contributed by atoms with Crippen LogP contribution in [-0.2, 0) is 11.2 Å². The first-order valence-corrected chi connectivity index (χ1v) is 11.6. The third kappa shape index (κ3) is 3.69. The van der Waals surface area contributed by atoms with E-state index >= 15 is 0 Å². The van der Waals surface area contributed by atoms with Crippen LogP contribution in [0.1, 0.15) is 52.9 Å². The summed E-state index contributed by atoms with van der Waals surface area (Å²) in [5.41, 5.74) is 8.01. The van der Waals surface area contributed by atoms with E-state index in [1.54, 1.807) is 18.1 Å². The average Bonchev–Trinajstić information content (AvgIpc) is 3.32. The Balaban J connectivity index is 1.42. The molecule has 1 N–H and O–H groups in total. The molecule has 1 aliphatic carbocycles. The van der Waals surface area contributed by atoms with Crippen LogP contribution in [0.3, 0.4) is 0 Å². The van der Waals surface area contributed by atoms with E-state index in [0.29, 0.717) is 0 Å².